The molecule has 0 saturated carbocycles. The van der Waals surface area contributed by atoms with E-state index in [0.29, 0.717) is 13.1 Å². The van der Waals surface area contributed by atoms with Crippen molar-refractivity contribution in [3.8, 4) is 0 Å². The summed E-state index contributed by atoms with van der Waals surface area (Å²) in [5.41, 5.74) is 2.86. The summed E-state index contributed by atoms with van der Waals surface area (Å²) in [6.45, 7) is 1.11. The Hall–Kier alpha value is -2.92. The maximum Gasteiger partial charge on any atom is 0.255 e. The van der Waals surface area contributed by atoms with Crippen LogP contribution in [0.3, 0.4) is 0 Å². The van der Waals surface area contributed by atoms with Gasteiger partial charge >= 0.3 is 0 Å². The van der Waals surface area contributed by atoms with E-state index in [0.717, 1.165) is 21.6 Å². The summed E-state index contributed by atoms with van der Waals surface area (Å²) < 4.78 is 0. The Kier molecular flexibility index (Phi) is 5.26. The van der Waals surface area contributed by atoms with Gasteiger partial charge in [0.2, 0.25) is 5.91 Å². The van der Waals surface area contributed by atoms with Crippen LogP contribution in [0.5, 0.6) is 0 Å². The molecule has 4 nitrogen and oxygen atoms in total. The van der Waals surface area contributed by atoms with Crippen LogP contribution in [-0.2, 0) is 17.9 Å². The van der Waals surface area contributed by atoms with Gasteiger partial charge in [-0.15, -0.1) is 11.3 Å². The summed E-state index contributed by atoms with van der Waals surface area (Å²) >= 11 is 1.59. The summed E-state index contributed by atoms with van der Waals surface area (Å²) in [6, 6.07) is 21.4. The van der Waals surface area contributed by atoms with Crippen molar-refractivity contribution in [3.63, 3.8) is 0 Å². The third kappa shape index (κ3) is 3.71. The van der Waals surface area contributed by atoms with E-state index in [1.54, 1.807) is 16.2 Å². The molecule has 0 spiro atoms. The quantitative estimate of drug-likeness (QED) is 0.622. The molecule has 0 aliphatic carbocycles. The Morgan fingerprint density at radius 3 is 2.54 bits per heavy atom. The Morgan fingerprint density at radius 1 is 1.07 bits per heavy atom. The zero-order valence-corrected chi connectivity index (χ0v) is 16.6. The largest absolute Gasteiger partial charge is 0.341 e. The summed E-state index contributed by atoms with van der Waals surface area (Å²) in [4.78, 5) is 30.6. The van der Waals surface area contributed by atoms with E-state index >= 15 is 0 Å². The topological polar surface area (TPSA) is 40.6 Å². The van der Waals surface area contributed by atoms with Crippen molar-refractivity contribution in [2.24, 2.45) is 0 Å². The van der Waals surface area contributed by atoms with Crippen molar-refractivity contribution in [2.75, 3.05) is 7.05 Å². The van der Waals surface area contributed by atoms with Gasteiger partial charge in [-0.05, 0) is 28.6 Å². The summed E-state index contributed by atoms with van der Waals surface area (Å²) in [7, 11) is 1.82. The van der Waals surface area contributed by atoms with E-state index in [-0.39, 0.29) is 24.3 Å². The number of benzene rings is 2. The second-order valence-electron chi connectivity index (χ2n) is 7.06. The number of hydrogen-bond acceptors (Lipinski definition) is 3. The van der Waals surface area contributed by atoms with Crippen LogP contribution in [0.4, 0.5) is 0 Å². The highest BCUT2D eigenvalue weighted by Gasteiger charge is 2.35. The molecule has 5 heteroatoms. The van der Waals surface area contributed by atoms with E-state index in [1.165, 1.54) is 0 Å². The first kappa shape index (κ1) is 18.4. The summed E-state index contributed by atoms with van der Waals surface area (Å²) in [5, 5.41) is 1.99. The smallest absolute Gasteiger partial charge is 0.255 e. The molecule has 2 aromatic carbocycles. The van der Waals surface area contributed by atoms with Crippen molar-refractivity contribution in [3.05, 3.63) is 93.7 Å². The lowest BCUT2D eigenvalue weighted by atomic mass is 10.1. The maximum absolute atomic E-state index is 13.0. The standard InChI is InChI=1S/C23H22N2O2S/c1-24(15-17-8-3-2-4-9-17)22(26)14-20(21-12-7-13-28-21)25-16-18-10-5-6-11-19(18)23(25)27/h2-13,20H,14-16H2,1H3/t20-/m1/s1. The van der Waals surface area contributed by atoms with Gasteiger partial charge in [0.25, 0.3) is 5.91 Å². The van der Waals surface area contributed by atoms with Crippen LogP contribution in [0.15, 0.2) is 72.1 Å². The fourth-order valence-electron chi connectivity index (χ4n) is 3.64. The predicted octanol–water partition coefficient (Wildman–Crippen LogP) is 4.49. The van der Waals surface area contributed by atoms with E-state index in [4.69, 9.17) is 0 Å². The molecule has 142 valence electrons. The van der Waals surface area contributed by atoms with E-state index in [2.05, 4.69) is 0 Å². The molecule has 1 aromatic heterocycles. The number of rotatable bonds is 6. The van der Waals surface area contributed by atoms with Crippen molar-refractivity contribution in [1.82, 2.24) is 9.80 Å². The van der Waals surface area contributed by atoms with Crippen LogP contribution in [0.1, 0.15) is 38.8 Å². The lowest BCUT2D eigenvalue weighted by Gasteiger charge is -2.28. The molecule has 0 bridgehead atoms. The monoisotopic (exact) mass is 390 g/mol. The van der Waals surface area contributed by atoms with Gasteiger partial charge in [0.1, 0.15) is 0 Å². The molecule has 0 N–H and O–H groups in total. The maximum atomic E-state index is 13.0. The highest BCUT2D eigenvalue weighted by molar-refractivity contribution is 7.10. The second kappa shape index (κ2) is 7.98. The first-order valence-electron chi connectivity index (χ1n) is 9.33. The van der Waals surface area contributed by atoms with Gasteiger partial charge < -0.3 is 9.80 Å². The molecule has 28 heavy (non-hydrogen) atoms. The zero-order valence-electron chi connectivity index (χ0n) is 15.7. The van der Waals surface area contributed by atoms with Gasteiger partial charge in [-0.3, -0.25) is 9.59 Å². The Labute approximate surface area is 169 Å². The number of hydrogen-bond donors (Lipinski definition) is 0. The molecular formula is C23H22N2O2S. The summed E-state index contributed by atoms with van der Waals surface area (Å²) in [5.74, 6) is 0.0403. The predicted molar refractivity (Wildman–Crippen MR) is 111 cm³/mol. The first-order valence-corrected chi connectivity index (χ1v) is 10.2. The molecule has 3 aromatic rings. The van der Waals surface area contributed by atoms with Gasteiger partial charge in [-0.25, -0.2) is 0 Å². The fraction of sp³-hybridized carbons (Fsp3) is 0.217. The lowest BCUT2D eigenvalue weighted by molar-refractivity contribution is -0.131. The normalized spacial score (nSPS) is 14.0. The van der Waals surface area contributed by atoms with Gasteiger partial charge in [0.15, 0.2) is 0 Å². The molecule has 0 saturated heterocycles. The van der Waals surface area contributed by atoms with Crippen molar-refractivity contribution in [1.29, 1.82) is 0 Å². The Bertz CT molecular complexity index is 969. The highest BCUT2D eigenvalue weighted by Crippen LogP contribution is 2.35. The molecule has 1 aliphatic rings. The average Bonchev–Trinajstić information content (AvgIpc) is 3.36. The number of carbonyl (C=O) groups excluding carboxylic acids is 2. The average molecular weight is 391 g/mol. The molecule has 4 rings (SSSR count). The zero-order chi connectivity index (χ0) is 19.5. The van der Waals surface area contributed by atoms with E-state index < -0.39 is 0 Å². The van der Waals surface area contributed by atoms with Gasteiger partial charge in [0, 0.05) is 30.6 Å². The van der Waals surface area contributed by atoms with Crippen molar-refractivity contribution < 1.29 is 9.59 Å². The molecule has 2 heterocycles. The van der Waals surface area contributed by atoms with Crippen LogP contribution >= 0.6 is 11.3 Å². The van der Waals surface area contributed by atoms with E-state index in [1.807, 2.05) is 84.1 Å². The number of thiophene rings is 1. The van der Waals surface area contributed by atoms with Crippen molar-refractivity contribution in [2.45, 2.75) is 25.6 Å². The van der Waals surface area contributed by atoms with Gasteiger partial charge in [-0.2, -0.15) is 0 Å². The Balaban J connectivity index is 1.53. The minimum atomic E-state index is -0.245. The lowest BCUT2D eigenvalue weighted by Crippen LogP contribution is -2.34. The molecule has 0 fully saturated rings. The third-order valence-electron chi connectivity index (χ3n) is 5.15. The molecule has 1 atom stereocenters. The minimum Gasteiger partial charge on any atom is -0.341 e. The Morgan fingerprint density at radius 2 is 1.82 bits per heavy atom. The van der Waals surface area contributed by atoms with Crippen LogP contribution in [0, 0.1) is 0 Å². The van der Waals surface area contributed by atoms with E-state index in [9.17, 15) is 9.59 Å². The minimum absolute atomic E-state index is 0.00696. The fourth-order valence-corrected chi connectivity index (χ4v) is 4.48. The number of fused-ring (bicyclic) bond motifs is 1. The number of amides is 2. The van der Waals surface area contributed by atoms with Crippen LogP contribution in [-0.4, -0.2) is 28.7 Å². The third-order valence-corrected chi connectivity index (χ3v) is 6.13. The van der Waals surface area contributed by atoms with Crippen LogP contribution in [0.25, 0.3) is 0 Å². The number of nitrogens with zero attached hydrogens (tertiary/aromatic N) is 2. The number of carbonyl (C=O) groups is 2. The second-order valence-corrected chi connectivity index (χ2v) is 8.04. The molecule has 0 radical (unpaired) electrons. The highest BCUT2D eigenvalue weighted by atomic mass is 32.1. The SMILES string of the molecule is CN(Cc1ccccc1)C(=O)C[C@H](c1cccs1)N1Cc2ccccc2C1=O. The summed E-state index contributed by atoms with van der Waals surface area (Å²) in [6.07, 6.45) is 0.281. The molecule has 1 aliphatic heterocycles. The van der Waals surface area contributed by atoms with Crippen molar-refractivity contribution >= 4 is 23.2 Å². The molecule has 2 amide bonds. The molecular weight excluding hydrogens is 368 g/mol. The van der Waals surface area contributed by atoms with Gasteiger partial charge in [-0.1, -0.05) is 54.6 Å². The first-order chi connectivity index (χ1) is 13.6. The van der Waals surface area contributed by atoms with Gasteiger partial charge in [0.05, 0.1) is 12.5 Å². The van der Waals surface area contributed by atoms with Crippen LogP contribution in [0.2, 0.25) is 0 Å². The molecule has 0 unspecified atom stereocenters. The van der Waals surface area contributed by atoms with Crippen LogP contribution < -0.4 is 0 Å².